The van der Waals surface area contributed by atoms with Gasteiger partial charge in [-0.1, -0.05) is 30.3 Å². The fraction of sp³-hybridized carbons (Fsp3) is 0.588. The summed E-state index contributed by atoms with van der Waals surface area (Å²) < 4.78 is 0. The number of rotatable bonds is 4. The molecule has 2 N–H and O–H groups in total. The number of amides is 1. The average Bonchev–Trinajstić information content (AvgIpc) is 3.02. The molecule has 114 valence electrons. The van der Waals surface area contributed by atoms with Crippen LogP contribution in [0, 0.1) is 11.8 Å². The minimum Gasteiger partial charge on any atom is -0.393 e. The largest absolute Gasteiger partial charge is 0.393 e. The third kappa shape index (κ3) is 3.27. The highest BCUT2D eigenvalue weighted by Crippen LogP contribution is 2.38. The van der Waals surface area contributed by atoms with Gasteiger partial charge in [0, 0.05) is 19.6 Å². The molecule has 1 amide bonds. The molecule has 4 nitrogen and oxygen atoms in total. The lowest BCUT2D eigenvalue weighted by molar-refractivity contribution is -0.125. The number of likely N-dealkylation sites (tertiary alicyclic amines) is 1. The molecule has 2 fully saturated rings. The predicted molar refractivity (Wildman–Crippen MR) is 81.5 cm³/mol. The molecular weight excluding hydrogens is 264 g/mol. The van der Waals surface area contributed by atoms with Crippen molar-refractivity contribution < 1.29 is 9.90 Å². The van der Waals surface area contributed by atoms with Crippen LogP contribution in [0.5, 0.6) is 0 Å². The van der Waals surface area contributed by atoms with Crippen LogP contribution in [0.4, 0.5) is 0 Å². The minimum absolute atomic E-state index is 0.0866. The van der Waals surface area contributed by atoms with Gasteiger partial charge in [-0.15, -0.1) is 0 Å². The van der Waals surface area contributed by atoms with Crippen LogP contribution in [0.25, 0.3) is 0 Å². The van der Waals surface area contributed by atoms with Gasteiger partial charge >= 0.3 is 0 Å². The van der Waals surface area contributed by atoms with Crippen molar-refractivity contribution in [1.29, 1.82) is 0 Å². The normalized spacial score (nSPS) is 30.1. The van der Waals surface area contributed by atoms with Gasteiger partial charge in [-0.05, 0) is 37.2 Å². The smallest absolute Gasteiger partial charge is 0.237 e. The number of nitrogens with zero attached hydrogens (tertiary/aromatic N) is 1. The number of fused-ring (bicyclic) bond motifs is 1. The summed E-state index contributed by atoms with van der Waals surface area (Å²) in [6, 6.07) is 9.90. The number of carbonyl (C=O) groups excluding carboxylic acids is 1. The maximum absolute atomic E-state index is 12.3. The van der Waals surface area contributed by atoms with Crippen LogP contribution in [-0.4, -0.2) is 41.1 Å². The van der Waals surface area contributed by atoms with E-state index in [2.05, 4.69) is 10.2 Å². The van der Waals surface area contributed by atoms with Gasteiger partial charge in [0.05, 0.1) is 12.1 Å². The van der Waals surface area contributed by atoms with Gasteiger partial charge in [0.2, 0.25) is 5.91 Å². The third-order valence-electron chi connectivity index (χ3n) is 4.99. The van der Waals surface area contributed by atoms with E-state index in [0.29, 0.717) is 18.4 Å². The Morgan fingerprint density at radius 2 is 1.90 bits per heavy atom. The van der Waals surface area contributed by atoms with Gasteiger partial charge < -0.3 is 10.4 Å². The number of carbonyl (C=O) groups is 1. The van der Waals surface area contributed by atoms with Gasteiger partial charge in [0.25, 0.3) is 0 Å². The Bertz CT molecular complexity index is 477. The Morgan fingerprint density at radius 1 is 1.29 bits per heavy atom. The van der Waals surface area contributed by atoms with Crippen molar-refractivity contribution in [2.24, 2.45) is 11.8 Å². The van der Waals surface area contributed by atoms with Gasteiger partial charge in [-0.3, -0.25) is 9.69 Å². The fourth-order valence-corrected chi connectivity index (χ4v) is 3.72. The van der Waals surface area contributed by atoms with Crippen molar-refractivity contribution in [1.82, 2.24) is 10.2 Å². The summed E-state index contributed by atoms with van der Waals surface area (Å²) in [4.78, 5) is 14.6. The molecular formula is C17H24N2O2. The maximum Gasteiger partial charge on any atom is 0.237 e. The Balaban J connectivity index is 1.49. The SMILES string of the molecule is CC(C(=O)NCc1ccccc1)N1C[C@H]2CC(O)C[C@H]2C1. The van der Waals surface area contributed by atoms with Crippen molar-refractivity contribution in [3.8, 4) is 0 Å². The molecule has 0 radical (unpaired) electrons. The number of benzene rings is 1. The molecule has 21 heavy (non-hydrogen) atoms. The van der Waals surface area contributed by atoms with Crippen LogP contribution in [0.2, 0.25) is 0 Å². The second kappa shape index (κ2) is 6.16. The molecule has 1 aromatic carbocycles. The molecule has 4 heteroatoms. The van der Waals surface area contributed by atoms with Crippen molar-refractivity contribution in [3.05, 3.63) is 35.9 Å². The van der Waals surface area contributed by atoms with Crippen LogP contribution >= 0.6 is 0 Å². The average molecular weight is 288 g/mol. The lowest BCUT2D eigenvalue weighted by Crippen LogP contribution is -2.44. The number of aliphatic hydroxyl groups excluding tert-OH is 1. The molecule has 1 saturated carbocycles. The van der Waals surface area contributed by atoms with E-state index in [1.807, 2.05) is 37.3 Å². The van der Waals surface area contributed by atoms with E-state index in [1.54, 1.807) is 0 Å². The van der Waals surface area contributed by atoms with E-state index in [-0.39, 0.29) is 18.1 Å². The number of nitrogens with one attached hydrogen (secondary N) is 1. The second-order valence-corrected chi connectivity index (χ2v) is 6.48. The minimum atomic E-state index is -0.121. The molecule has 0 spiro atoms. The van der Waals surface area contributed by atoms with Gasteiger partial charge in [0.15, 0.2) is 0 Å². The van der Waals surface area contributed by atoms with Gasteiger partial charge in [-0.25, -0.2) is 0 Å². The van der Waals surface area contributed by atoms with Crippen LogP contribution in [0.1, 0.15) is 25.3 Å². The van der Waals surface area contributed by atoms with E-state index < -0.39 is 0 Å². The van der Waals surface area contributed by atoms with E-state index >= 15 is 0 Å². The van der Waals surface area contributed by atoms with Crippen LogP contribution in [0.3, 0.4) is 0 Å². The molecule has 2 unspecified atom stereocenters. The summed E-state index contributed by atoms with van der Waals surface area (Å²) in [5, 5.41) is 12.7. The highest BCUT2D eigenvalue weighted by Gasteiger charge is 2.42. The Hall–Kier alpha value is -1.39. The summed E-state index contributed by atoms with van der Waals surface area (Å²) in [7, 11) is 0. The first-order valence-electron chi connectivity index (χ1n) is 7.87. The summed E-state index contributed by atoms with van der Waals surface area (Å²) >= 11 is 0. The molecule has 2 aliphatic rings. The van der Waals surface area contributed by atoms with Crippen molar-refractivity contribution in [3.63, 3.8) is 0 Å². The molecule has 3 rings (SSSR count). The topological polar surface area (TPSA) is 52.6 Å². The third-order valence-corrected chi connectivity index (χ3v) is 4.99. The van der Waals surface area contributed by atoms with E-state index in [9.17, 15) is 9.90 Å². The van der Waals surface area contributed by atoms with E-state index in [0.717, 1.165) is 31.5 Å². The number of hydrogen-bond acceptors (Lipinski definition) is 3. The van der Waals surface area contributed by atoms with Crippen LogP contribution in [-0.2, 0) is 11.3 Å². The Labute approximate surface area is 126 Å². The summed E-state index contributed by atoms with van der Waals surface area (Å²) in [6.45, 7) is 4.46. The van der Waals surface area contributed by atoms with Crippen molar-refractivity contribution in [2.75, 3.05) is 13.1 Å². The highest BCUT2D eigenvalue weighted by atomic mass is 16.3. The van der Waals surface area contributed by atoms with E-state index in [4.69, 9.17) is 0 Å². The molecule has 1 aliphatic heterocycles. The summed E-state index contributed by atoms with van der Waals surface area (Å²) in [5.41, 5.74) is 1.12. The standard InChI is InChI=1S/C17H24N2O2/c1-12(17(21)18-9-13-5-3-2-4-6-13)19-10-14-7-16(20)8-15(14)11-19/h2-6,12,14-16,20H,7-11H2,1H3,(H,18,21)/t12?,14-,15+,16?. The zero-order valence-electron chi connectivity index (χ0n) is 12.5. The predicted octanol–water partition coefficient (Wildman–Crippen LogP) is 1.39. The Morgan fingerprint density at radius 3 is 2.52 bits per heavy atom. The number of aliphatic hydroxyl groups is 1. The van der Waals surface area contributed by atoms with Crippen molar-refractivity contribution >= 4 is 5.91 Å². The van der Waals surface area contributed by atoms with E-state index in [1.165, 1.54) is 0 Å². The van der Waals surface area contributed by atoms with Crippen LogP contribution < -0.4 is 5.32 Å². The zero-order valence-corrected chi connectivity index (χ0v) is 12.5. The summed E-state index contributed by atoms with van der Waals surface area (Å²) in [5.74, 6) is 1.24. The second-order valence-electron chi connectivity index (χ2n) is 6.48. The maximum atomic E-state index is 12.3. The highest BCUT2D eigenvalue weighted by molar-refractivity contribution is 5.81. The van der Waals surface area contributed by atoms with Crippen LogP contribution in [0.15, 0.2) is 30.3 Å². The first kappa shape index (κ1) is 14.5. The lowest BCUT2D eigenvalue weighted by Gasteiger charge is -2.24. The molecule has 1 saturated heterocycles. The van der Waals surface area contributed by atoms with Gasteiger partial charge in [-0.2, -0.15) is 0 Å². The monoisotopic (exact) mass is 288 g/mol. The molecule has 4 atom stereocenters. The molecule has 1 aliphatic carbocycles. The first-order valence-corrected chi connectivity index (χ1v) is 7.87. The Kier molecular flexibility index (Phi) is 4.27. The molecule has 1 aromatic rings. The molecule has 0 bridgehead atoms. The quantitative estimate of drug-likeness (QED) is 0.880. The molecule has 0 aromatic heterocycles. The summed E-state index contributed by atoms with van der Waals surface area (Å²) in [6.07, 6.45) is 1.68. The van der Waals surface area contributed by atoms with Crippen molar-refractivity contribution in [2.45, 2.75) is 38.5 Å². The zero-order chi connectivity index (χ0) is 14.8. The molecule has 1 heterocycles. The first-order chi connectivity index (χ1) is 10.1. The fourth-order valence-electron chi connectivity index (χ4n) is 3.72. The van der Waals surface area contributed by atoms with Gasteiger partial charge in [0.1, 0.15) is 0 Å². The lowest BCUT2D eigenvalue weighted by atomic mass is 10.0. The number of hydrogen-bond donors (Lipinski definition) is 2.